The summed E-state index contributed by atoms with van der Waals surface area (Å²) in [5.74, 6) is -1.08. The first-order valence-electron chi connectivity index (χ1n) is 6.65. The van der Waals surface area contributed by atoms with Gasteiger partial charge in [0.05, 0.1) is 16.4 Å². The van der Waals surface area contributed by atoms with Crippen LogP contribution in [0.25, 0.3) is 0 Å². The minimum atomic E-state index is -4.51. The smallest absolute Gasteiger partial charge is 0.293 e. The minimum Gasteiger partial charge on any atom is -0.293 e. The number of rotatable bonds is 2. The summed E-state index contributed by atoms with van der Waals surface area (Å²) in [5.41, 5.74) is 1.93. The number of fused-ring (bicyclic) bond motifs is 1. The summed E-state index contributed by atoms with van der Waals surface area (Å²) in [6.07, 6.45) is -1.08. The normalized spacial score (nSPS) is 15.9. The van der Waals surface area contributed by atoms with Crippen molar-refractivity contribution in [2.24, 2.45) is 7.05 Å². The molecule has 0 fully saturated rings. The standard InChI is InChI=1S/C13H13ClF3N5/c1-21-6-9(14)11(20-21)7-22-3-2-10-8(5-22)4-18-12(19-10)13(15,16)17/h4,6H,2-3,5,7H2,1H3. The van der Waals surface area contributed by atoms with Crippen molar-refractivity contribution in [2.45, 2.75) is 25.7 Å². The van der Waals surface area contributed by atoms with Crippen molar-refractivity contribution in [3.8, 4) is 0 Å². The molecule has 0 aromatic carbocycles. The Kier molecular flexibility index (Phi) is 3.82. The second-order valence-electron chi connectivity index (χ2n) is 5.22. The quantitative estimate of drug-likeness (QED) is 0.848. The lowest BCUT2D eigenvalue weighted by atomic mass is 10.1. The fourth-order valence-corrected chi connectivity index (χ4v) is 2.71. The molecule has 0 atom stereocenters. The number of aryl methyl sites for hydroxylation is 1. The topological polar surface area (TPSA) is 46.8 Å². The van der Waals surface area contributed by atoms with E-state index in [1.165, 1.54) is 6.20 Å². The molecule has 0 aliphatic carbocycles. The largest absolute Gasteiger partial charge is 0.451 e. The summed E-state index contributed by atoms with van der Waals surface area (Å²) in [4.78, 5) is 9.12. The van der Waals surface area contributed by atoms with Crippen LogP contribution in [0, 0.1) is 0 Å². The molecule has 9 heteroatoms. The fourth-order valence-electron chi connectivity index (χ4n) is 2.47. The Bertz CT molecular complexity index is 697. The van der Waals surface area contributed by atoms with Crippen LogP contribution < -0.4 is 0 Å². The Morgan fingerprint density at radius 1 is 1.36 bits per heavy atom. The molecule has 22 heavy (non-hydrogen) atoms. The van der Waals surface area contributed by atoms with Crippen LogP contribution in [-0.2, 0) is 32.7 Å². The van der Waals surface area contributed by atoms with Crippen LogP contribution in [0.4, 0.5) is 13.2 Å². The zero-order valence-corrected chi connectivity index (χ0v) is 12.5. The van der Waals surface area contributed by atoms with Gasteiger partial charge in [-0.25, -0.2) is 9.97 Å². The molecular weight excluding hydrogens is 319 g/mol. The van der Waals surface area contributed by atoms with Crippen molar-refractivity contribution in [2.75, 3.05) is 6.54 Å². The van der Waals surface area contributed by atoms with Gasteiger partial charge in [0, 0.05) is 51.1 Å². The van der Waals surface area contributed by atoms with Gasteiger partial charge < -0.3 is 0 Å². The van der Waals surface area contributed by atoms with Gasteiger partial charge >= 0.3 is 6.18 Å². The van der Waals surface area contributed by atoms with E-state index in [1.54, 1.807) is 17.9 Å². The van der Waals surface area contributed by atoms with E-state index < -0.39 is 12.0 Å². The predicted octanol–water partition coefficient (Wildman–Crippen LogP) is 2.44. The van der Waals surface area contributed by atoms with E-state index >= 15 is 0 Å². The molecule has 0 amide bonds. The molecule has 0 radical (unpaired) electrons. The molecule has 0 spiro atoms. The van der Waals surface area contributed by atoms with E-state index in [0.717, 1.165) is 5.69 Å². The number of aromatic nitrogens is 4. The molecule has 2 aromatic heterocycles. The van der Waals surface area contributed by atoms with Gasteiger partial charge in [-0.05, 0) is 0 Å². The fraction of sp³-hybridized carbons (Fsp3) is 0.462. The maximum absolute atomic E-state index is 12.6. The van der Waals surface area contributed by atoms with E-state index in [4.69, 9.17) is 11.6 Å². The van der Waals surface area contributed by atoms with Crippen molar-refractivity contribution in [3.05, 3.63) is 40.2 Å². The van der Waals surface area contributed by atoms with Gasteiger partial charge in [0.2, 0.25) is 5.82 Å². The Morgan fingerprint density at radius 3 is 2.77 bits per heavy atom. The molecule has 1 aliphatic heterocycles. The molecule has 3 rings (SSSR count). The highest BCUT2D eigenvalue weighted by Gasteiger charge is 2.35. The molecule has 3 heterocycles. The monoisotopic (exact) mass is 331 g/mol. The van der Waals surface area contributed by atoms with Crippen LogP contribution in [0.1, 0.15) is 22.8 Å². The third-order valence-electron chi connectivity index (χ3n) is 3.49. The second-order valence-corrected chi connectivity index (χ2v) is 5.63. The first-order chi connectivity index (χ1) is 10.3. The lowest BCUT2D eigenvalue weighted by molar-refractivity contribution is -0.145. The third kappa shape index (κ3) is 3.07. The van der Waals surface area contributed by atoms with Gasteiger partial charge in [0.1, 0.15) is 0 Å². The SMILES string of the molecule is Cn1cc(Cl)c(CN2CCc3nc(C(F)(F)F)ncc3C2)n1. The Morgan fingerprint density at radius 2 is 2.14 bits per heavy atom. The summed E-state index contributed by atoms with van der Waals surface area (Å²) in [6.45, 7) is 1.63. The van der Waals surface area contributed by atoms with Gasteiger partial charge in [-0.3, -0.25) is 9.58 Å². The van der Waals surface area contributed by atoms with Crippen molar-refractivity contribution >= 4 is 11.6 Å². The molecule has 118 valence electrons. The maximum Gasteiger partial charge on any atom is 0.451 e. The molecule has 0 unspecified atom stereocenters. The summed E-state index contributed by atoms with van der Waals surface area (Å²) in [5, 5.41) is 4.85. The van der Waals surface area contributed by atoms with Gasteiger partial charge in [-0.1, -0.05) is 11.6 Å². The molecule has 1 aliphatic rings. The zero-order chi connectivity index (χ0) is 15.9. The van der Waals surface area contributed by atoms with Crippen molar-refractivity contribution < 1.29 is 13.2 Å². The van der Waals surface area contributed by atoms with E-state index in [2.05, 4.69) is 20.0 Å². The number of nitrogens with zero attached hydrogens (tertiary/aromatic N) is 5. The van der Waals surface area contributed by atoms with Gasteiger partial charge in [-0.15, -0.1) is 0 Å². The molecule has 0 saturated carbocycles. The maximum atomic E-state index is 12.6. The highest BCUT2D eigenvalue weighted by molar-refractivity contribution is 6.31. The van der Waals surface area contributed by atoms with Crippen molar-refractivity contribution in [1.29, 1.82) is 0 Å². The minimum absolute atomic E-state index is 0.450. The van der Waals surface area contributed by atoms with Crippen LogP contribution in [0.15, 0.2) is 12.4 Å². The number of halogens is 4. The number of hydrogen-bond donors (Lipinski definition) is 0. The van der Waals surface area contributed by atoms with Crippen molar-refractivity contribution in [3.63, 3.8) is 0 Å². The van der Waals surface area contributed by atoms with Gasteiger partial charge in [0.25, 0.3) is 0 Å². The number of alkyl halides is 3. The molecule has 0 N–H and O–H groups in total. The van der Waals surface area contributed by atoms with Crippen LogP contribution in [0.3, 0.4) is 0 Å². The lowest BCUT2D eigenvalue weighted by Gasteiger charge is -2.27. The van der Waals surface area contributed by atoms with Crippen molar-refractivity contribution in [1.82, 2.24) is 24.6 Å². The summed E-state index contributed by atoms with van der Waals surface area (Å²) >= 11 is 6.08. The average molecular weight is 332 g/mol. The third-order valence-corrected chi connectivity index (χ3v) is 3.81. The Hall–Kier alpha value is -1.67. The highest BCUT2D eigenvalue weighted by atomic mass is 35.5. The molecule has 5 nitrogen and oxygen atoms in total. The van der Waals surface area contributed by atoms with E-state index in [0.29, 0.717) is 42.3 Å². The zero-order valence-electron chi connectivity index (χ0n) is 11.7. The molecule has 0 bridgehead atoms. The van der Waals surface area contributed by atoms with E-state index in [9.17, 15) is 13.2 Å². The molecule has 2 aromatic rings. The summed E-state index contributed by atoms with van der Waals surface area (Å²) in [6, 6.07) is 0. The second kappa shape index (κ2) is 5.51. The number of hydrogen-bond acceptors (Lipinski definition) is 4. The predicted molar refractivity (Wildman–Crippen MR) is 73.1 cm³/mol. The lowest BCUT2D eigenvalue weighted by Crippen LogP contribution is -2.31. The van der Waals surface area contributed by atoms with Gasteiger partial charge in [-0.2, -0.15) is 18.3 Å². The molecular formula is C13H13ClF3N5. The Balaban J connectivity index is 1.76. The highest BCUT2D eigenvalue weighted by Crippen LogP contribution is 2.28. The van der Waals surface area contributed by atoms with Crippen LogP contribution in [0.5, 0.6) is 0 Å². The summed E-state index contributed by atoms with van der Waals surface area (Å²) in [7, 11) is 1.79. The van der Waals surface area contributed by atoms with Crippen LogP contribution >= 0.6 is 11.6 Å². The van der Waals surface area contributed by atoms with E-state index in [-0.39, 0.29) is 0 Å². The first kappa shape index (κ1) is 15.2. The van der Waals surface area contributed by atoms with E-state index in [1.807, 2.05) is 0 Å². The van der Waals surface area contributed by atoms with Crippen LogP contribution in [-0.4, -0.2) is 31.2 Å². The molecule has 0 saturated heterocycles. The average Bonchev–Trinajstić information content (AvgIpc) is 2.75. The Labute approximate surface area is 129 Å². The van der Waals surface area contributed by atoms with Crippen LogP contribution in [0.2, 0.25) is 5.02 Å². The first-order valence-corrected chi connectivity index (χ1v) is 7.03. The van der Waals surface area contributed by atoms with Gasteiger partial charge in [0.15, 0.2) is 0 Å². The summed E-state index contributed by atoms with van der Waals surface area (Å²) < 4.78 is 39.5.